The first-order valence-electron chi connectivity index (χ1n) is 9.13. The van der Waals surface area contributed by atoms with E-state index in [2.05, 4.69) is 10.3 Å². The average molecular weight is 419 g/mol. The topological polar surface area (TPSA) is 108 Å². The van der Waals surface area contributed by atoms with E-state index >= 15 is 0 Å². The molecular weight excluding hydrogens is 395 g/mol. The number of halogens is 3. The first-order chi connectivity index (χ1) is 13.7. The van der Waals surface area contributed by atoms with Crippen LogP contribution in [0.15, 0.2) is 18.7 Å². The molecule has 3 amide bonds. The Morgan fingerprint density at radius 1 is 1.17 bits per heavy atom. The predicted molar refractivity (Wildman–Crippen MR) is 94.8 cm³/mol. The average Bonchev–Trinajstić information content (AvgIpc) is 3.32. The molecule has 2 fully saturated rings. The van der Waals surface area contributed by atoms with Crippen molar-refractivity contribution in [2.45, 2.75) is 32.0 Å². The van der Waals surface area contributed by atoms with E-state index in [-0.39, 0.29) is 37.6 Å². The largest absolute Gasteiger partial charge is 0.483 e. The monoisotopic (exact) mass is 419 g/mol. The van der Waals surface area contributed by atoms with Gasteiger partial charge >= 0.3 is 18.1 Å². The fraction of sp³-hybridized carbons (Fsp3) is 0.647. The predicted octanol–water partition coefficient (Wildman–Crippen LogP) is 1.17. The number of carbonyl (C=O) groups is 3. The Labute approximate surface area is 165 Å². The molecule has 1 aromatic heterocycles. The molecule has 2 N–H and O–H groups in total. The molecule has 12 heteroatoms. The number of hydrogen-bond donors (Lipinski definition) is 2. The van der Waals surface area contributed by atoms with Crippen LogP contribution in [0.3, 0.4) is 0 Å². The zero-order valence-corrected chi connectivity index (χ0v) is 15.8. The molecule has 162 valence electrons. The minimum Gasteiger partial charge on any atom is -0.483 e. The van der Waals surface area contributed by atoms with Crippen molar-refractivity contribution in [2.24, 2.45) is 5.41 Å². The smallest absolute Gasteiger partial charge is 0.471 e. The molecule has 1 aliphatic heterocycles. The van der Waals surface area contributed by atoms with Crippen molar-refractivity contribution < 1.29 is 32.7 Å². The van der Waals surface area contributed by atoms with Gasteiger partial charge in [0, 0.05) is 57.1 Å². The molecule has 0 spiro atoms. The van der Waals surface area contributed by atoms with Crippen LogP contribution in [0.25, 0.3) is 0 Å². The first kappa shape index (κ1) is 22.5. The minimum atomic E-state index is -4.87. The van der Waals surface area contributed by atoms with Crippen LogP contribution in [0.4, 0.5) is 18.0 Å². The number of nitrogens with one attached hydrogen (secondary N) is 1. The molecule has 1 saturated carbocycles. The second-order valence-electron chi connectivity index (χ2n) is 7.13. The highest BCUT2D eigenvalue weighted by Crippen LogP contribution is 2.46. The van der Waals surface area contributed by atoms with Crippen LogP contribution >= 0.6 is 0 Å². The molecule has 2 aliphatic rings. The van der Waals surface area contributed by atoms with E-state index in [4.69, 9.17) is 9.90 Å². The summed E-state index contributed by atoms with van der Waals surface area (Å²) in [6, 6.07) is -0.289. The van der Waals surface area contributed by atoms with Crippen molar-refractivity contribution in [3.05, 3.63) is 18.7 Å². The SMILES string of the molecule is O=C(NCC1(Cn2ccnc2)CC1)N1CCCN(C(=O)C(F)(F)F)CC1.O=CO. The highest BCUT2D eigenvalue weighted by Gasteiger charge is 2.44. The molecule has 1 saturated heterocycles. The highest BCUT2D eigenvalue weighted by molar-refractivity contribution is 5.82. The lowest BCUT2D eigenvalue weighted by molar-refractivity contribution is -0.185. The number of imidazole rings is 1. The Kier molecular flexibility index (Phi) is 7.46. The number of alkyl halides is 3. The molecule has 1 aromatic rings. The van der Waals surface area contributed by atoms with Crippen molar-refractivity contribution in [1.82, 2.24) is 24.7 Å². The molecule has 0 bridgehead atoms. The molecule has 0 radical (unpaired) electrons. The first-order valence-corrected chi connectivity index (χ1v) is 9.13. The van der Waals surface area contributed by atoms with Crippen molar-refractivity contribution in [3.8, 4) is 0 Å². The van der Waals surface area contributed by atoms with Gasteiger partial charge in [0.2, 0.25) is 0 Å². The van der Waals surface area contributed by atoms with Gasteiger partial charge in [-0.3, -0.25) is 9.59 Å². The third-order valence-electron chi connectivity index (χ3n) is 4.96. The van der Waals surface area contributed by atoms with E-state index in [0.717, 1.165) is 24.3 Å². The van der Waals surface area contributed by atoms with Gasteiger partial charge in [-0.25, -0.2) is 9.78 Å². The molecule has 0 atom stereocenters. The zero-order chi connectivity index (χ0) is 21.5. The number of rotatable bonds is 4. The molecule has 9 nitrogen and oxygen atoms in total. The zero-order valence-electron chi connectivity index (χ0n) is 15.8. The van der Waals surface area contributed by atoms with Gasteiger partial charge in [-0.15, -0.1) is 0 Å². The quantitative estimate of drug-likeness (QED) is 0.713. The maximum atomic E-state index is 12.5. The summed E-state index contributed by atoms with van der Waals surface area (Å²) >= 11 is 0. The van der Waals surface area contributed by atoms with E-state index in [1.54, 1.807) is 12.5 Å². The molecule has 1 aliphatic carbocycles. The van der Waals surface area contributed by atoms with Gasteiger partial charge in [0.15, 0.2) is 0 Å². The van der Waals surface area contributed by atoms with Gasteiger partial charge in [-0.05, 0) is 19.3 Å². The lowest BCUT2D eigenvalue weighted by Gasteiger charge is -2.24. The van der Waals surface area contributed by atoms with Gasteiger partial charge in [0.25, 0.3) is 6.47 Å². The summed E-state index contributed by atoms with van der Waals surface area (Å²) in [5.41, 5.74) is 0.0283. The van der Waals surface area contributed by atoms with Crippen molar-refractivity contribution >= 4 is 18.4 Å². The third-order valence-corrected chi connectivity index (χ3v) is 4.96. The fourth-order valence-corrected chi connectivity index (χ4v) is 3.21. The molecule has 3 rings (SSSR count). The van der Waals surface area contributed by atoms with Crippen molar-refractivity contribution in [3.63, 3.8) is 0 Å². The maximum absolute atomic E-state index is 12.5. The number of carboxylic acid groups (broad SMARTS) is 1. The van der Waals surface area contributed by atoms with Gasteiger partial charge in [-0.1, -0.05) is 0 Å². The van der Waals surface area contributed by atoms with Crippen LogP contribution < -0.4 is 5.32 Å². The molecule has 0 aromatic carbocycles. The second-order valence-corrected chi connectivity index (χ2v) is 7.13. The van der Waals surface area contributed by atoms with E-state index in [1.165, 1.54) is 4.90 Å². The van der Waals surface area contributed by atoms with Crippen LogP contribution in [0, 0.1) is 5.41 Å². The maximum Gasteiger partial charge on any atom is 0.471 e. The molecule has 0 unspecified atom stereocenters. The standard InChI is InChI=1S/C16H22F3N5O2.CH2O2/c17-16(18,19)13(25)23-5-1-6-24(9-8-23)14(26)21-10-15(2-3-15)11-22-7-4-20-12-22;2-1-3/h4,7,12H,1-3,5-6,8-11H2,(H,21,26);1H,(H,2,3). The molecular formula is C17H24F3N5O4. The highest BCUT2D eigenvalue weighted by atomic mass is 19.4. The molecule has 29 heavy (non-hydrogen) atoms. The number of amides is 3. The van der Waals surface area contributed by atoms with Crippen LogP contribution in [0.1, 0.15) is 19.3 Å². The van der Waals surface area contributed by atoms with Crippen LogP contribution in [-0.4, -0.2) is 81.8 Å². The van der Waals surface area contributed by atoms with E-state index in [9.17, 15) is 22.8 Å². The summed E-state index contributed by atoms with van der Waals surface area (Å²) in [6.07, 6.45) is 2.81. The fourth-order valence-electron chi connectivity index (χ4n) is 3.21. The number of aromatic nitrogens is 2. The normalized spacial score (nSPS) is 18.2. The van der Waals surface area contributed by atoms with Gasteiger partial charge in [0.1, 0.15) is 0 Å². The number of nitrogens with zero attached hydrogens (tertiary/aromatic N) is 4. The summed E-state index contributed by atoms with van der Waals surface area (Å²) in [4.78, 5) is 38.3. The van der Waals surface area contributed by atoms with Gasteiger partial charge in [-0.2, -0.15) is 13.2 Å². The van der Waals surface area contributed by atoms with Crippen LogP contribution in [0.2, 0.25) is 0 Å². The van der Waals surface area contributed by atoms with E-state index < -0.39 is 12.1 Å². The van der Waals surface area contributed by atoms with Crippen molar-refractivity contribution in [2.75, 3.05) is 32.7 Å². The molecule has 2 heterocycles. The summed E-state index contributed by atoms with van der Waals surface area (Å²) in [5, 5.41) is 9.79. The Morgan fingerprint density at radius 3 is 2.34 bits per heavy atom. The number of carbonyl (C=O) groups excluding carboxylic acids is 2. The number of urea groups is 1. The Morgan fingerprint density at radius 2 is 1.79 bits per heavy atom. The van der Waals surface area contributed by atoms with Gasteiger partial charge in [0.05, 0.1) is 6.33 Å². The third kappa shape index (κ3) is 6.64. The summed E-state index contributed by atoms with van der Waals surface area (Å²) < 4.78 is 39.6. The van der Waals surface area contributed by atoms with E-state index in [0.29, 0.717) is 19.5 Å². The van der Waals surface area contributed by atoms with Crippen molar-refractivity contribution in [1.29, 1.82) is 0 Å². The van der Waals surface area contributed by atoms with E-state index in [1.807, 2.05) is 10.8 Å². The number of hydrogen-bond acceptors (Lipinski definition) is 4. The lowest BCUT2D eigenvalue weighted by Crippen LogP contribution is -2.46. The van der Waals surface area contributed by atoms with Crippen LogP contribution in [-0.2, 0) is 16.1 Å². The Bertz CT molecular complexity index is 692. The second kappa shape index (κ2) is 9.61. The summed E-state index contributed by atoms with van der Waals surface area (Å²) in [5.74, 6) is -1.84. The summed E-state index contributed by atoms with van der Waals surface area (Å²) in [7, 11) is 0. The van der Waals surface area contributed by atoms with Crippen LogP contribution in [0.5, 0.6) is 0 Å². The Hall–Kier alpha value is -2.79. The summed E-state index contributed by atoms with van der Waals surface area (Å²) in [6.45, 7) is 1.38. The Balaban J connectivity index is 0.000000941. The lowest BCUT2D eigenvalue weighted by atomic mass is 10.1. The van der Waals surface area contributed by atoms with Gasteiger partial charge < -0.3 is 24.8 Å². The minimum absolute atomic E-state index is 0.00664.